The van der Waals surface area contributed by atoms with Gasteiger partial charge in [-0.15, -0.1) is 10.1 Å². The van der Waals surface area contributed by atoms with Crippen LogP contribution in [0.3, 0.4) is 0 Å². The van der Waals surface area contributed by atoms with Gasteiger partial charge in [-0.3, -0.25) is 4.99 Å². The summed E-state index contributed by atoms with van der Waals surface area (Å²) in [5.74, 6) is 0.656. The molecule has 0 unspecified atom stereocenters. The number of nitrogens with zero attached hydrogens (tertiary/aromatic N) is 3. The number of allylic oxidation sites excluding steroid dienone is 1. The van der Waals surface area contributed by atoms with Crippen LogP contribution in [-0.2, 0) is 67.1 Å². The van der Waals surface area contributed by atoms with Gasteiger partial charge >= 0.3 is 44.8 Å². The number of nitrogens with one attached hydrogen (secondary N) is 1. The average Bonchev–Trinajstić information content (AvgIpc) is 2.50. The minimum Gasteiger partial charge on any atom is -0.757 e. The molecule has 1 radical (unpaired) electrons. The predicted octanol–water partition coefficient (Wildman–Crippen LogP) is 1.34. The Morgan fingerprint density at radius 1 is 1.32 bits per heavy atom. The third kappa shape index (κ3) is 9.00. The second kappa shape index (κ2) is 14.2. The molecule has 0 saturated carbocycles. The zero-order valence-electron chi connectivity index (χ0n) is 13.9. The summed E-state index contributed by atoms with van der Waals surface area (Å²) in [6.07, 6.45) is 5.56. The zero-order chi connectivity index (χ0) is 15.6. The second-order valence-corrected chi connectivity index (χ2v) is 5.56. The summed E-state index contributed by atoms with van der Waals surface area (Å²) in [6.45, 7) is 8.57. The third-order valence-electron chi connectivity index (χ3n) is 3.73. The van der Waals surface area contributed by atoms with Crippen molar-refractivity contribution < 1.29 is 82.9 Å². The van der Waals surface area contributed by atoms with Gasteiger partial charge in [-0.25, -0.2) is 0 Å². The van der Waals surface area contributed by atoms with Crippen molar-refractivity contribution in [2.24, 2.45) is 4.99 Å². The van der Waals surface area contributed by atoms with Gasteiger partial charge in [-0.1, -0.05) is 6.08 Å². The Labute approximate surface area is 193 Å². The van der Waals surface area contributed by atoms with Crippen LogP contribution in [0.2, 0.25) is 0 Å². The molecule has 0 aromatic rings. The van der Waals surface area contributed by atoms with Crippen molar-refractivity contribution in [2.75, 3.05) is 6.54 Å². The Kier molecular flexibility index (Phi) is 20.4. The predicted molar refractivity (Wildman–Crippen MR) is 83.7 cm³/mol. The van der Waals surface area contributed by atoms with Gasteiger partial charge in [-0.05, 0) is 33.8 Å². The van der Waals surface area contributed by atoms with Crippen LogP contribution in [0.25, 0.3) is 6.15 Å². The first-order chi connectivity index (χ1) is 9.09. The van der Waals surface area contributed by atoms with Gasteiger partial charge in [0.2, 0.25) is 0 Å². The molecule has 13 heteroatoms. The number of nitrogens with two attached hydrogens (primary N) is 1. The van der Waals surface area contributed by atoms with Crippen LogP contribution in [0.5, 0.6) is 0 Å². The first-order valence-corrected chi connectivity index (χ1v) is 6.08. The second-order valence-electron chi connectivity index (χ2n) is 5.56. The summed E-state index contributed by atoms with van der Waals surface area (Å²) in [5.41, 5.74) is 0.257. The summed E-state index contributed by atoms with van der Waals surface area (Å²) >= 11 is 0. The first kappa shape index (κ1) is 36.0. The van der Waals surface area contributed by atoms with Gasteiger partial charge < -0.3 is 32.4 Å². The number of hydroxylamine groups is 2. The van der Waals surface area contributed by atoms with Crippen LogP contribution in [-0.4, -0.2) is 44.7 Å². The third-order valence-corrected chi connectivity index (χ3v) is 3.73. The summed E-state index contributed by atoms with van der Waals surface area (Å²) in [4.78, 5) is 12.5. The molecule has 0 aromatic carbocycles. The molecule has 10 nitrogen and oxygen atoms in total. The molecule has 1 fully saturated rings. The van der Waals surface area contributed by atoms with Gasteiger partial charge in [0.1, 0.15) is 0 Å². The maximum absolute atomic E-state index is 12.3. The SMILES string of the molecule is CC1(C)NC(=C2C=CC=NC2)N([O-])C1(C)C.O.O=[N+]([O-])O.[Ag+].[Ag+].[Ag].[NH2-]. The fourth-order valence-electron chi connectivity index (χ4n) is 1.82. The van der Waals surface area contributed by atoms with Crippen molar-refractivity contribution in [3.8, 4) is 0 Å². The molecule has 2 heterocycles. The molecule has 0 spiro atoms. The van der Waals surface area contributed by atoms with Gasteiger partial charge in [0.25, 0.3) is 5.09 Å². The van der Waals surface area contributed by atoms with E-state index in [0.717, 1.165) is 10.6 Å². The van der Waals surface area contributed by atoms with Crippen molar-refractivity contribution in [2.45, 2.75) is 38.8 Å². The van der Waals surface area contributed by atoms with E-state index in [1.54, 1.807) is 6.21 Å². The number of dihydropyridines is 1. The zero-order valence-corrected chi connectivity index (χ0v) is 18.4. The van der Waals surface area contributed by atoms with E-state index in [1.807, 2.05) is 39.8 Å². The van der Waals surface area contributed by atoms with Crippen molar-refractivity contribution in [1.82, 2.24) is 10.4 Å². The van der Waals surface area contributed by atoms with E-state index in [-0.39, 0.29) is 84.3 Å². The van der Waals surface area contributed by atoms with E-state index in [2.05, 4.69) is 10.3 Å². The van der Waals surface area contributed by atoms with Gasteiger partial charge in [0.05, 0.1) is 17.9 Å². The number of hydrogen-bond donors (Lipinski definition) is 2. The summed E-state index contributed by atoms with van der Waals surface area (Å²) < 4.78 is 0. The summed E-state index contributed by atoms with van der Waals surface area (Å²) in [7, 11) is 0. The fraction of sp³-hybridized carbons (Fsp3) is 0.583. The van der Waals surface area contributed by atoms with Crippen LogP contribution in [0.1, 0.15) is 27.7 Å². The smallest absolute Gasteiger partial charge is 0.757 e. The van der Waals surface area contributed by atoms with Crippen molar-refractivity contribution >= 4 is 6.21 Å². The largest absolute Gasteiger partial charge is 1.00 e. The summed E-state index contributed by atoms with van der Waals surface area (Å²) in [5, 5.41) is 30.3. The maximum atomic E-state index is 12.3. The van der Waals surface area contributed by atoms with Gasteiger partial charge in [0.15, 0.2) is 0 Å². The number of aliphatic imine (C=N–C) groups is 1. The molecule has 6 N–H and O–H groups in total. The molecule has 0 amide bonds. The van der Waals surface area contributed by atoms with E-state index < -0.39 is 10.6 Å². The van der Waals surface area contributed by atoms with E-state index in [0.29, 0.717) is 12.4 Å². The summed E-state index contributed by atoms with van der Waals surface area (Å²) in [6, 6.07) is 0. The van der Waals surface area contributed by atoms with E-state index in [4.69, 9.17) is 15.3 Å². The van der Waals surface area contributed by atoms with Crippen LogP contribution in [0, 0.1) is 15.3 Å². The molecule has 0 bridgehead atoms. The molecule has 1 saturated heterocycles. The number of rotatable bonds is 0. The Hall–Kier alpha value is 0.0508. The van der Waals surface area contributed by atoms with Crippen LogP contribution in [0.4, 0.5) is 0 Å². The maximum Gasteiger partial charge on any atom is 1.00 e. The first-order valence-electron chi connectivity index (χ1n) is 6.08. The molecule has 0 aliphatic carbocycles. The normalized spacial score (nSPS) is 20.6. The molecular formula is C12H23Ag3N5O5. The van der Waals surface area contributed by atoms with Crippen LogP contribution < -0.4 is 5.32 Å². The molecular weight excluding hydrogens is 618 g/mol. The van der Waals surface area contributed by atoms with Crippen molar-refractivity contribution in [1.29, 1.82) is 0 Å². The minimum absolute atomic E-state index is 0. The Balaban J connectivity index is -0.000000135. The molecule has 0 aromatic heterocycles. The molecule has 25 heavy (non-hydrogen) atoms. The van der Waals surface area contributed by atoms with Gasteiger partial charge in [-0.2, -0.15) is 0 Å². The monoisotopic (exact) mass is 638 g/mol. The number of hydrogen-bond acceptors (Lipinski definition) is 6. The quantitative estimate of drug-likeness (QED) is 0.229. The molecule has 2 rings (SSSR count). The van der Waals surface area contributed by atoms with E-state index in [9.17, 15) is 5.21 Å². The standard InChI is InChI=1S/C12H18N3O.3Ag.HNO3.H2N.H2O/c1-11(2)12(3,4)15(16)10(14-11)9-6-5-7-13-8-9;;;;2-1(3)4;;/h5-7,14H,8H2,1-4H3;;;;(H,2,3,4);2*1H2/q-1;;2*+1;;-1;. The van der Waals surface area contributed by atoms with Crippen LogP contribution >= 0.6 is 0 Å². The van der Waals surface area contributed by atoms with E-state index in [1.165, 1.54) is 0 Å². The molecule has 0 atom stereocenters. The van der Waals surface area contributed by atoms with Crippen LogP contribution in [0.15, 0.2) is 28.5 Å². The Morgan fingerprint density at radius 3 is 2.04 bits per heavy atom. The van der Waals surface area contributed by atoms with Gasteiger partial charge in [0, 0.05) is 39.7 Å². The topological polar surface area (TPSA) is 179 Å². The average molecular weight is 641 g/mol. The van der Waals surface area contributed by atoms with E-state index >= 15 is 0 Å². The Bertz CT molecular complexity index is 494. The Morgan fingerprint density at radius 2 is 1.76 bits per heavy atom. The van der Waals surface area contributed by atoms with Crippen molar-refractivity contribution in [3.05, 3.63) is 45.0 Å². The molecule has 2 aliphatic rings. The fourth-order valence-corrected chi connectivity index (χ4v) is 1.82. The van der Waals surface area contributed by atoms with Crippen molar-refractivity contribution in [3.63, 3.8) is 0 Å². The molecule has 159 valence electrons. The molecule has 2 aliphatic heterocycles. The minimum atomic E-state index is -1.50.